The smallest absolute Gasteiger partial charge is 0.191 e. The zero-order chi connectivity index (χ0) is 20.6. The SMILES string of the molecule is CCN1CCN(CCNC(=NC)NCc2ccccc2-n2nc(C)cc2C)CC1.I. The lowest BCUT2D eigenvalue weighted by molar-refractivity contribution is 0.139. The monoisotopic (exact) mass is 525 g/mol. The fraction of sp³-hybridized carbons (Fsp3) is 0.545. The van der Waals surface area contributed by atoms with Crippen LogP contribution in [0.2, 0.25) is 0 Å². The number of para-hydroxylation sites is 1. The molecule has 0 aliphatic carbocycles. The summed E-state index contributed by atoms with van der Waals surface area (Å²) in [7, 11) is 1.82. The van der Waals surface area contributed by atoms with Crippen molar-refractivity contribution in [2.45, 2.75) is 27.3 Å². The van der Waals surface area contributed by atoms with E-state index in [1.165, 1.54) is 18.7 Å². The Morgan fingerprint density at radius 3 is 2.40 bits per heavy atom. The van der Waals surface area contributed by atoms with Crippen molar-refractivity contribution in [1.29, 1.82) is 0 Å². The number of benzene rings is 1. The Bertz CT molecular complexity index is 810. The van der Waals surface area contributed by atoms with E-state index in [-0.39, 0.29) is 24.0 Å². The van der Waals surface area contributed by atoms with Gasteiger partial charge in [0.05, 0.1) is 11.4 Å². The summed E-state index contributed by atoms with van der Waals surface area (Å²) in [6, 6.07) is 10.5. The van der Waals surface area contributed by atoms with E-state index in [0.29, 0.717) is 6.54 Å². The van der Waals surface area contributed by atoms with Crippen LogP contribution >= 0.6 is 24.0 Å². The summed E-state index contributed by atoms with van der Waals surface area (Å²) in [4.78, 5) is 9.40. The minimum absolute atomic E-state index is 0. The summed E-state index contributed by atoms with van der Waals surface area (Å²) in [5, 5.41) is 11.5. The third-order valence-corrected chi connectivity index (χ3v) is 5.53. The third-order valence-electron chi connectivity index (χ3n) is 5.53. The van der Waals surface area contributed by atoms with Gasteiger partial charge in [0.15, 0.2) is 5.96 Å². The molecule has 1 aliphatic heterocycles. The van der Waals surface area contributed by atoms with Crippen LogP contribution in [0, 0.1) is 13.8 Å². The minimum Gasteiger partial charge on any atom is -0.355 e. The van der Waals surface area contributed by atoms with Gasteiger partial charge in [-0.3, -0.25) is 9.89 Å². The van der Waals surface area contributed by atoms with Crippen molar-refractivity contribution < 1.29 is 0 Å². The lowest BCUT2D eigenvalue weighted by Crippen LogP contribution is -2.49. The number of guanidine groups is 1. The van der Waals surface area contributed by atoms with Gasteiger partial charge in [-0.15, -0.1) is 24.0 Å². The number of hydrogen-bond acceptors (Lipinski definition) is 4. The van der Waals surface area contributed by atoms with Crippen molar-refractivity contribution in [2.75, 3.05) is 52.9 Å². The topological polar surface area (TPSA) is 60.7 Å². The summed E-state index contributed by atoms with van der Waals surface area (Å²) in [6.07, 6.45) is 0. The molecule has 3 rings (SSSR count). The van der Waals surface area contributed by atoms with Crippen molar-refractivity contribution in [3.8, 4) is 5.69 Å². The number of halogens is 1. The summed E-state index contributed by atoms with van der Waals surface area (Å²) in [6.45, 7) is 14.8. The zero-order valence-corrected chi connectivity index (χ0v) is 21.0. The van der Waals surface area contributed by atoms with E-state index in [9.17, 15) is 0 Å². The molecule has 0 atom stereocenters. The largest absolute Gasteiger partial charge is 0.355 e. The lowest BCUT2D eigenvalue weighted by Gasteiger charge is -2.34. The Kier molecular flexibility index (Phi) is 10.1. The van der Waals surface area contributed by atoms with E-state index in [0.717, 1.165) is 55.8 Å². The number of hydrogen-bond donors (Lipinski definition) is 2. The molecule has 2 N–H and O–H groups in total. The Balaban J connectivity index is 0.00000320. The number of aliphatic imine (C=N–C) groups is 1. The quantitative estimate of drug-likeness (QED) is 0.331. The van der Waals surface area contributed by atoms with Crippen LogP contribution in [0.25, 0.3) is 5.69 Å². The molecule has 1 aromatic heterocycles. The summed E-state index contributed by atoms with van der Waals surface area (Å²) < 4.78 is 2.01. The number of nitrogens with zero attached hydrogens (tertiary/aromatic N) is 5. The van der Waals surface area contributed by atoms with Crippen molar-refractivity contribution in [3.63, 3.8) is 0 Å². The van der Waals surface area contributed by atoms with Gasteiger partial charge >= 0.3 is 0 Å². The first kappa shape index (κ1) is 24.6. The highest BCUT2D eigenvalue weighted by Crippen LogP contribution is 2.16. The van der Waals surface area contributed by atoms with E-state index in [2.05, 4.69) is 74.7 Å². The van der Waals surface area contributed by atoms with Crippen LogP contribution in [-0.4, -0.2) is 78.4 Å². The van der Waals surface area contributed by atoms with Gasteiger partial charge in [0.1, 0.15) is 0 Å². The highest BCUT2D eigenvalue weighted by atomic mass is 127. The number of rotatable bonds is 7. The molecule has 0 amide bonds. The van der Waals surface area contributed by atoms with Gasteiger partial charge in [-0.25, -0.2) is 4.68 Å². The van der Waals surface area contributed by atoms with Gasteiger partial charge in [0.2, 0.25) is 0 Å². The van der Waals surface area contributed by atoms with Crippen molar-refractivity contribution in [3.05, 3.63) is 47.3 Å². The summed E-state index contributed by atoms with van der Waals surface area (Å²) in [5.41, 5.74) is 4.47. The van der Waals surface area contributed by atoms with Crippen LogP contribution in [0.1, 0.15) is 23.9 Å². The zero-order valence-electron chi connectivity index (χ0n) is 18.7. The maximum atomic E-state index is 4.64. The number of nitrogens with one attached hydrogen (secondary N) is 2. The number of aromatic nitrogens is 2. The summed E-state index contributed by atoms with van der Waals surface area (Å²) in [5.74, 6) is 0.834. The normalized spacial score (nSPS) is 15.7. The number of likely N-dealkylation sites (N-methyl/N-ethyl adjacent to an activating group) is 1. The van der Waals surface area contributed by atoms with Gasteiger partial charge in [-0.2, -0.15) is 5.10 Å². The molecule has 8 heteroatoms. The molecule has 0 spiro atoms. The molecule has 2 heterocycles. The lowest BCUT2D eigenvalue weighted by atomic mass is 10.1. The van der Waals surface area contributed by atoms with Gasteiger partial charge < -0.3 is 15.5 Å². The molecular weight excluding hydrogens is 489 g/mol. The highest BCUT2D eigenvalue weighted by molar-refractivity contribution is 14.0. The molecule has 0 unspecified atom stereocenters. The molecule has 0 radical (unpaired) electrons. The maximum Gasteiger partial charge on any atom is 0.191 e. The van der Waals surface area contributed by atoms with E-state index < -0.39 is 0 Å². The van der Waals surface area contributed by atoms with E-state index >= 15 is 0 Å². The van der Waals surface area contributed by atoms with Crippen molar-refractivity contribution in [2.24, 2.45) is 4.99 Å². The molecule has 1 aliphatic rings. The first-order valence-electron chi connectivity index (χ1n) is 10.6. The molecular formula is C22H36IN7. The Labute approximate surface area is 197 Å². The van der Waals surface area contributed by atoms with Gasteiger partial charge in [-0.1, -0.05) is 25.1 Å². The van der Waals surface area contributed by atoms with E-state index in [1.807, 2.05) is 18.7 Å². The second-order valence-electron chi connectivity index (χ2n) is 7.60. The fourth-order valence-electron chi connectivity index (χ4n) is 3.80. The predicted molar refractivity (Wildman–Crippen MR) is 135 cm³/mol. The molecule has 1 fully saturated rings. The van der Waals surface area contributed by atoms with Crippen LogP contribution in [0.4, 0.5) is 0 Å². The molecule has 0 bridgehead atoms. The fourth-order valence-corrected chi connectivity index (χ4v) is 3.80. The first-order chi connectivity index (χ1) is 14.1. The van der Waals surface area contributed by atoms with Crippen LogP contribution < -0.4 is 10.6 Å². The van der Waals surface area contributed by atoms with Crippen molar-refractivity contribution in [1.82, 2.24) is 30.2 Å². The Morgan fingerprint density at radius 1 is 1.07 bits per heavy atom. The third kappa shape index (κ3) is 6.68. The Hall–Kier alpha value is -1.65. The Morgan fingerprint density at radius 2 is 1.77 bits per heavy atom. The molecule has 0 saturated carbocycles. The maximum absolute atomic E-state index is 4.64. The van der Waals surface area contributed by atoms with Crippen LogP contribution in [-0.2, 0) is 6.54 Å². The second kappa shape index (κ2) is 12.3. The number of aryl methyl sites for hydroxylation is 2. The molecule has 1 saturated heterocycles. The van der Waals surface area contributed by atoms with Crippen LogP contribution in [0.5, 0.6) is 0 Å². The van der Waals surface area contributed by atoms with Gasteiger partial charge in [0.25, 0.3) is 0 Å². The molecule has 166 valence electrons. The van der Waals surface area contributed by atoms with Crippen LogP contribution in [0.3, 0.4) is 0 Å². The second-order valence-corrected chi connectivity index (χ2v) is 7.60. The van der Waals surface area contributed by atoms with Crippen molar-refractivity contribution >= 4 is 29.9 Å². The van der Waals surface area contributed by atoms with E-state index in [1.54, 1.807) is 0 Å². The summed E-state index contributed by atoms with van der Waals surface area (Å²) >= 11 is 0. The van der Waals surface area contributed by atoms with E-state index in [4.69, 9.17) is 0 Å². The predicted octanol–water partition coefficient (Wildman–Crippen LogP) is 2.41. The molecule has 2 aromatic rings. The molecule has 30 heavy (non-hydrogen) atoms. The number of piperazine rings is 1. The standard InChI is InChI=1S/C22H35N7.HI/c1-5-27-12-14-28(15-13-27)11-10-24-22(23-4)25-17-20-8-6-7-9-21(20)29-19(3)16-18(2)26-29;/h6-9,16H,5,10-15,17H2,1-4H3,(H2,23,24,25);1H. The average Bonchev–Trinajstić information content (AvgIpc) is 3.09. The van der Waals surface area contributed by atoms with Crippen LogP contribution in [0.15, 0.2) is 35.3 Å². The molecule has 1 aromatic carbocycles. The minimum atomic E-state index is 0. The highest BCUT2D eigenvalue weighted by Gasteiger charge is 2.15. The molecule has 7 nitrogen and oxygen atoms in total. The first-order valence-corrected chi connectivity index (χ1v) is 10.6. The van der Waals surface area contributed by atoms with Gasteiger partial charge in [-0.05, 0) is 38.1 Å². The average molecular weight is 525 g/mol. The van der Waals surface area contributed by atoms with Gasteiger partial charge in [0, 0.05) is 58.6 Å².